The van der Waals surface area contributed by atoms with Crippen LogP contribution >= 0.6 is 0 Å². The molecule has 0 saturated carbocycles. The Morgan fingerprint density at radius 1 is 0.931 bits per heavy atom. The largest absolute Gasteiger partial charge is 0.352 e. The molecule has 0 atom stereocenters. The van der Waals surface area contributed by atoms with Crippen LogP contribution < -0.4 is 4.90 Å². The molecule has 1 aliphatic heterocycles. The van der Waals surface area contributed by atoms with Crippen molar-refractivity contribution in [2.24, 2.45) is 0 Å². The van der Waals surface area contributed by atoms with Crippen LogP contribution in [-0.4, -0.2) is 58.9 Å². The SMILES string of the molecule is Cc1cccc(CS(=O)(=O)N2CCN(c3ccc(-n4ccc(C)n4)nn3)CC2)c1. The number of nitrogens with zero attached hydrogens (tertiary/aromatic N) is 6. The van der Waals surface area contributed by atoms with E-state index in [0.29, 0.717) is 32.0 Å². The number of aromatic nitrogens is 4. The van der Waals surface area contributed by atoms with E-state index in [1.165, 1.54) is 0 Å². The van der Waals surface area contributed by atoms with Gasteiger partial charge in [-0.2, -0.15) is 9.40 Å². The van der Waals surface area contributed by atoms with E-state index in [-0.39, 0.29) is 5.75 Å². The molecule has 1 aliphatic rings. The summed E-state index contributed by atoms with van der Waals surface area (Å²) in [5, 5.41) is 12.9. The Hall–Kier alpha value is -2.78. The Morgan fingerprint density at radius 3 is 2.28 bits per heavy atom. The average Bonchev–Trinajstić information content (AvgIpc) is 3.14. The van der Waals surface area contributed by atoms with Crippen molar-refractivity contribution in [3.05, 3.63) is 65.5 Å². The van der Waals surface area contributed by atoms with Crippen LogP contribution in [-0.2, 0) is 15.8 Å². The van der Waals surface area contributed by atoms with Crippen LogP contribution in [0, 0.1) is 13.8 Å². The van der Waals surface area contributed by atoms with E-state index in [0.717, 1.165) is 22.6 Å². The lowest BCUT2D eigenvalue weighted by molar-refractivity contribution is 0.383. The lowest BCUT2D eigenvalue weighted by atomic mass is 10.2. The number of hydrogen-bond donors (Lipinski definition) is 0. The second-order valence-corrected chi connectivity index (χ2v) is 9.25. The zero-order valence-electron chi connectivity index (χ0n) is 16.6. The molecule has 0 bridgehead atoms. The van der Waals surface area contributed by atoms with Crippen molar-refractivity contribution >= 4 is 15.8 Å². The van der Waals surface area contributed by atoms with E-state index in [2.05, 4.69) is 20.2 Å². The van der Waals surface area contributed by atoms with E-state index in [9.17, 15) is 8.42 Å². The first-order valence-electron chi connectivity index (χ1n) is 9.55. The summed E-state index contributed by atoms with van der Waals surface area (Å²) in [6.07, 6.45) is 1.84. The summed E-state index contributed by atoms with van der Waals surface area (Å²) in [7, 11) is -3.34. The Balaban J connectivity index is 1.38. The van der Waals surface area contributed by atoms with E-state index in [1.807, 2.05) is 62.5 Å². The van der Waals surface area contributed by atoms with Crippen molar-refractivity contribution in [2.45, 2.75) is 19.6 Å². The van der Waals surface area contributed by atoms with E-state index >= 15 is 0 Å². The van der Waals surface area contributed by atoms with Crippen molar-refractivity contribution in [3.8, 4) is 5.82 Å². The highest BCUT2D eigenvalue weighted by molar-refractivity contribution is 7.88. The molecule has 8 nitrogen and oxygen atoms in total. The number of anilines is 1. The van der Waals surface area contributed by atoms with Crippen molar-refractivity contribution in [1.82, 2.24) is 24.3 Å². The van der Waals surface area contributed by atoms with Gasteiger partial charge in [0.15, 0.2) is 11.6 Å². The molecular formula is C20H24N6O2S. The minimum Gasteiger partial charge on any atom is -0.352 e. The predicted molar refractivity (Wildman–Crippen MR) is 111 cm³/mol. The summed E-state index contributed by atoms with van der Waals surface area (Å²) >= 11 is 0. The molecular weight excluding hydrogens is 388 g/mol. The van der Waals surface area contributed by atoms with Crippen LogP contribution in [0.5, 0.6) is 0 Å². The quantitative estimate of drug-likeness (QED) is 0.637. The maximum absolute atomic E-state index is 12.8. The van der Waals surface area contributed by atoms with Crippen molar-refractivity contribution in [1.29, 1.82) is 0 Å². The summed E-state index contributed by atoms with van der Waals surface area (Å²) in [5.74, 6) is 1.43. The lowest BCUT2D eigenvalue weighted by Gasteiger charge is -2.34. The van der Waals surface area contributed by atoms with Gasteiger partial charge in [-0.1, -0.05) is 29.8 Å². The molecule has 2 aromatic heterocycles. The van der Waals surface area contributed by atoms with Crippen LogP contribution in [0.1, 0.15) is 16.8 Å². The Kier molecular flexibility index (Phi) is 5.33. The third-order valence-corrected chi connectivity index (χ3v) is 6.83. The summed E-state index contributed by atoms with van der Waals surface area (Å²) < 4.78 is 28.8. The maximum atomic E-state index is 12.8. The normalized spacial score (nSPS) is 15.6. The average molecular weight is 413 g/mol. The molecule has 0 aliphatic carbocycles. The van der Waals surface area contributed by atoms with Crippen LogP contribution in [0.3, 0.4) is 0 Å². The van der Waals surface area contributed by atoms with Gasteiger partial charge in [-0.05, 0) is 37.6 Å². The van der Waals surface area contributed by atoms with Crippen LogP contribution in [0.4, 0.5) is 5.82 Å². The standard InChI is InChI=1S/C20H24N6O2S/c1-16-4-3-5-18(14-16)15-29(27,28)25-12-10-24(11-13-25)19-6-7-20(22-21-19)26-9-8-17(2)23-26/h3-9,14H,10-13,15H2,1-2H3. The topological polar surface area (TPSA) is 84.2 Å². The number of hydrogen-bond acceptors (Lipinski definition) is 6. The molecule has 0 radical (unpaired) electrons. The van der Waals surface area contributed by atoms with Gasteiger partial charge >= 0.3 is 0 Å². The third kappa shape index (κ3) is 4.46. The molecule has 0 unspecified atom stereocenters. The van der Waals surface area contributed by atoms with E-state index in [4.69, 9.17) is 0 Å². The fourth-order valence-electron chi connectivity index (χ4n) is 3.45. The van der Waals surface area contributed by atoms with Crippen molar-refractivity contribution < 1.29 is 8.42 Å². The van der Waals surface area contributed by atoms with Crippen LogP contribution in [0.15, 0.2) is 48.7 Å². The zero-order chi connectivity index (χ0) is 20.4. The molecule has 1 aromatic carbocycles. The molecule has 9 heteroatoms. The number of rotatable bonds is 5. The van der Waals surface area contributed by atoms with Gasteiger partial charge in [-0.3, -0.25) is 0 Å². The fourth-order valence-corrected chi connectivity index (χ4v) is 4.95. The molecule has 0 spiro atoms. The molecule has 1 saturated heterocycles. The van der Waals surface area contributed by atoms with Gasteiger partial charge in [-0.15, -0.1) is 10.2 Å². The summed E-state index contributed by atoms with van der Waals surface area (Å²) in [6.45, 7) is 5.94. The molecule has 3 heterocycles. The predicted octanol–water partition coefficient (Wildman–Crippen LogP) is 1.93. The maximum Gasteiger partial charge on any atom is 0.218 e. The number of piperazine rings is 1. The van der Waals surface area contributed by atoms with Crippen molar-refractivity contribution in [3.63, 3.8) is 0 Å². The first kappa shape index (κ1) is 19.5. The summed E-state index contributed by atoms with van der Waals surface area (Å²) in [6, 6.07) is 13.3. The van der Waals surface area contributed by atoms with Crippen LogP contribution in [0.25, 0.3) is 5.82 Å². The molecule has 1 fully saturated rings. The zero-order valence-corrected chi connectivity index (χ0v) is 17.4. The monoisotopic (exact) mass is 412 g/mol. The van der Waals surface area contributed by atoms with Gasteiger partial charge in [0.25, 0.3) is 0 Å². The molecule has 152 valence electrons. The minimum atomic E-state index is -3.34. The van der Waals surface area contributed by atoms with Gasteiger partial charge in [-0.25, -0.2) is 13.1 Å². The molecule has 29 heavy (non-hydrogen) atoms. The molecule has 3 aromatic rings. The second kappa shape index (κ2) is 7.92. The van der Waals surface area contributed by atoms with Gasteiger partial charge in [0.2, 0.25) is 10.0 Å². The number of benzene rings is 1. The highest BCUT2D eigenvalue weighted by atomic mass is 32.2. The number of aryl methyl sites for hydroxylation is 2. The highest BCUT2D eigenvalue weighted by Crippen LogP contribution is 2.18. The smallest absolute Gasteiger partial charge is 0.218 e. The lowest BCUT2D eigenvalue weighted by Crippen LogP contribution is -2.49. The third-order valence-electron chi connectivity index (χ3n) is 4.98. The van der Waals surface area contributed by atoms with Crippen molar-refractivity contribution in [2.75, 3.05) is 31.1 Å². The first-order chi connectivity index (χ1) is 13.9. The Morgan fingerprint density at radius 2 is 1.66 bits per heavy atom. The molecule has 0 amide bonds. The number of sulfonamides is 1. The van der Waals surface area contributed by atoms with Gasteiger partial charge in [0.05, 0.1) is 11.4 Å². The van der Waals surface area contributed by atoms with Gasteiger partial charge in [0.1, 0.15) is 0 Å². The molecule has 0 N–H and O–H groups in total. The highest BCUT2D eigenvalue weighted by Gasteiger charge is 2.27. The second-order valence-electron chi connectivity index (χ2n) is 7.28. The molecule has 4 rings (SSSR count). The minimum absolute atomic E-state index is 0.0342. The van der Waals surface area contributed by atoms with Crippen LogP contribution in [0.2, 0.25) is 0 Å². The Labute approximate surface area is 170 Å². The summed E-state index contributed by atoms with van der Waals surface area (Å²) in [4.78, 5) is 2.06. The van der Waals surface area contributed by atoms with E-state index in [1.54, 1.807) is 8.99 Å². The summed E-state index contributed by atoms with van der Waals surface area (Å²) in [5.41, 5.74) is 2.80. The van der Waals surface area contributed by atoms with Gasteiger partial charge in [0, 0.05) is 32.4 Å². The van der Waals surface area contributed by atoms with Gasteiger partial charge < -0.3 is 4.90 Å². The first-order valence-corrected chi connectivity index (χ1v) is 11.2. The van der Waals surface area contributed by atoms with E-state index < -0.39 is 10.0 Å². The fraction of sp³-hybridized carbons (Fsp3) is 0.350. The Bertz CT molecular complexity index is 1090.